The van der Waals surface area contributed by atoms with Crippen molar-refractivity contribution in [2.45, 2.75) is 12.5 Å². The van der Waals surface area contributed by atoms with Crippen molar-refractivity contribution >= 4 is 32.7 Å². The van der Waals surface area contributed by atoms with Crippen molar-refractivity contribution in [1.29, 1.82) is 0 Å². The lowest BCUT2D eigenvalue weighted by Gasteiger charge is -2.15. The number of carboxylic acids is 1. The molecule has 1 unspecified atom stereocenters. The number of phenols is 1. The first-order valence-electron chi connectivity index (χ1n) is 5.37. The average Bonchev–Trinajstić information content (AvgIpc) is 2.28. The molecule has 2 aromatic carbocycles. The Morgan fingerprint density at radius 1 is 1.33 bits per heavy atom. The van der Waals surface area contributed by atoms with Crippen molar-refractivity contribution in [2.75, 3.05) is 0 Å². The molecule has 18 heavy (non-hydrogen) atoms. The molecule has 0 saturated carbocycles. The molecule has 0 heterocycles. The van der Waals surface area contributed by atoms with E-state index < -0.39 is 12.0 Å². The molecular weight excluding hydrogens is 298 g/mol. The number of nitrogens with two attached hydrogens (primary N) is 1. The molecule has 2 aromatic rings. The van der Waals surface area contributed by atoms with Crippen molar-refractivity contribution in [3.63, 3.8) is 0 Å². The second-order valence-corrected chi connectivity index (χ2v) is 4.98. The smallest absolute Gasteiger partial charge is 0.305 e. The van der Waals surface area contributed by atoms with Crippen LogP contribution in [0.5, 0.6) is 5.75 Å². The maximum absolute atomic E-state index is 10.7. The Labute approximate surface area is 112 Å². The molecule has 0 fully saturated rings. The number of rotatable bonds is 3. The Balaban J connectivity index is 2.60. The van der Waals surface area contributed by atoms with Crippen LogP contribution in [0.4, 0.5) is 0 Å². The molecule has 5 heteroatoms. The summed E-state index contributed by atoms with van der Waals surface area (Å²) in [4.78, 5) is 10.7. The quantitative estimate of drug-likeness (QED) is 0.814. The number of aromatic hydroxyl groups is 1. The van der Waals surface area contributed by atoms with Crippen molar-refractivity contribution in [2.24, 2.45) is 5.73 Å². The third-order valence-corrected chi connectivity index (χ3v) is 3.26. The number of hydrogen-bond acceptors (Lipinski definition) is 3. The van der Waals surface area contributed by atoms with Crippen LogP contribution in [-0.4, -0.2) is 16.2 Å². The van der Waals surface area contributed by atoms with Crippen LogP contribution in [0.1, 0.15) is 18.0 Å². The van der Waals surface area contributed by atoms with Crippen molar-refractivity contribution in [3.8, 4) is 5.75 Å². The number of halogens is 1. The first-order valence-corrected chi connectivity index (χ1v) is 6.17. The molecule has 1 atom stereocenters. The molecule has 0 spiro atoms. The van der Waals surface area contributed by atoms with E-state index in [4.69, 9.17) is 10.8 Å². The molecule has 2 rings (SSSR count). The second-order valence-electron chi connectivity index (χ2n) is 4.07. The summed E-state index contributed by atoms with van der Waals surface area (Å²) >= 11 is 3.36. The SMILES string of the molecule is NC(CC(=O)O)c1c(O)ccc2cc(Br)ccc12. The van der Waals surface area contributed by atoms with Gasteiger partial charge < -0.3 is 15.9 Å². The molecule has 4 nitrogen and oxygen atoms in total. The minimum absolute atomic E-state index is 0.0265. The molecule has 0 aromatic heterocycles. The topological polar surface area (TPSA) is 83.6 Å². The largest absolute Gasteiger partial charge is 0.508 e. The Kier molecular flexibility index (Phi) is 3.54. The van der Waals surface area contributed by atoms with Gasteiger partial charge in [0.25, 0.3) is 0 Å². The summed E-state index contributed by atoms with van der Waals surface area (Å²) in [5, 5.41) is 20.3. The minimum atomic E-state index is -0.990. The second kappa shape index (κ2) is 4.96. The Morgan fingerprint density at radius 3 is 2.72 bits per heavy atom. The van der Waals surface area contributed by atoms with Crippen LogP contribution in [0.25, 0.3) is 10.8 Å². The zero-order chi connectivity index (χ0) is 13.3. The van der Waals surface area contributed by atoms with E-state index >= 15 is 0 Å². The number of aliphatic carboxylic acids is 1. The van der Waals surface area contributed by atoms with Gasteiger partial charge in [-0.05, 0) is 29.0 Å². The highest BCUT2D eigenvalue weighted by Gasteiger charge is 2.17. The fraction of sp³-hybridized carbons (Fsp3) is 0.154. The first kappa shape index (κ1) is 12.9. The van der Waals surface area contributed by atoms with Crippen LogP contribution in [0.2, 0.25) is 0 Å². The van der Waals surface area contributed by atoms with Gasteiger partial charge in [0.15, 0.2) is 0 Å². The van der Waals surface area contributed by atoms with Crippen LogP contribution in [0.3, 0.4) is 0 Å². The van der Waals surface area contributed by atoms with E-state index in [0.29, 0.717) is 5.56 Å². The minimum Gasteiger partial charge on any atom is -0.508 e. The standard InChI is InChI=1S/C13H12BrNO3/c14-8-2-3-9-7(5-8)1-4-11(16)13(9)10(15)6-12(17)18/h1-5,10,16H,6,15H2,(H,17,18). The average molecular weight is 310 g/mol. The summed E-state index contributed by atoms with van der Waals surface area (Å²) in [5.41, 5.74) is 6.32. The number of fused-ring (bicyclic) bond motifs is 1. The molecular formula is C13H12BrNO3. The lowest BCUT2D eigenvalue weighted by molar-refractivity contribution is -0.137. The summed E-state index contributed by atoms with van der Waals surface area (Å²) in [6, 6.07) is 8.12. The van der Waals surface area contributed by atoms with Gasteiger partial charge in [0, 0.05) is 16.1 Å². The monoisotopic (exact) mass is 309 g/mol. The van der Waals surface area contributed by atoms with Gasteiger partial charge in [0.1, 0.15) is 5.75 Å². The number of carboxylic acid groups (broad SMARTS) is 1. The van der Waals surface area contributed by atoms with Crippen LogP contribution in [-0.2, 0) is 4.79 Å². The number of benzene rings is 2. The van der Waals surface area contributed by atoms with Crippen LogP contribution < -0.4 is 5.73 Å². The molecule has 0 aliphatic rings. The highest BCUT2D eigenvalue weighted by Crippen LogP contribution is 2.33. The highest BCUT2D eigenvalue weighted by molar-refractivity contribution is 9.10. The number of hydrogen-bond donors (Lipinski definition) is 3. The van der Waals surface area contributed by atoms with Crippen LogP contribution >= 0.6 is 15.9 Å². The van der Waals surface area contributed by atoms with Crippen molar-refractivity contribution < 1.29 is 15.0 Å². The summed E-state index contributed by atoms with van der Waals surface area (Å²) in [7, 11) is 0. The Bertz CT molecular complexity index is 612. The summed E-state index contributed by atoms with van der Waals surface area (Å²) in [6.45, 7) is 0. The van der Waals surface area contributed by atoms with Crippen LogP contribution in [0, 0.1) is 0 Å². The third kappa shape index (κ3) is 2.47. The summed E-state index contributed by atoms with van der Waals surface area (Å²) in [5.74, 6) is -0.963. The molecule has 4 N–H and O–H groups in total. The lowest BCUT2D eigenvalue weighted by atomic mass is 9.96. The van der Waals surface area contributed by atoms with Crippen molar-refractivity contribution in [1.82, 2.24) is 0 Å². The molecule has 94 valence electrons. The fourth-order valence-electron chi connectivity index (χ4n) is 1.99. The highest BCUT2D eigenvalue weighted by atomic mass is 79.9. The van der Waals surface area contributed by atoms with Gasteiger partial charge in [-0.15, -0.1) is 0 Å². The van der Waals surface area contributed by atoms with E-state index in [-0.39, 0.29) is 12.2 Å². The predicted octanol–water partition coefficient (Wildman–Crippen LogP) is 2.78. The van der Waals surface area contributed by atoms with Gasteiger partial charge in [0.05, 0.1) is 6.42 Å². The van der Waals surface area contributed by atoms with Gasteiger partial charge in [0.2, 0.25) is 0 Å². The first-order chi connectivity index (χ1) is 8.49. The molecule has 0 amide bonds. The maximum Gasteiger partial charge on any atom is 0.305 e. The Hall–Kier alpha value is -1.59. The number of phenolic OH excluding ortho intramolecular Hbond substituents is 1. The fourth-order valence-corrected chi connectivity index (χ4v) is 2.37. The molecule has 0 saturated heterocycles. The van der Waals surface area contributed by atoms with E-state index in [2.05, 4.69) is 15.9 Å². The zero-order valence-corrected chi connectivity index (χ0v) is 11.0. The molecule has 0 aliphatic heterocycles. The van der Waals surface area contributed by atoms with Gasteiger partial charge in [-0.3, -0.25) is 4.79 Å². The molecule has 0 bridgehead atoms. The van der Waals surface area contributed by atoms with E-state index in [1.54, 1.807) is 6.07 Å². The van der Waals surface area contributed by atoms with E-state index in [0.717, 1.165) is 15.2 Å². The predicted molar refractivity (Wildman–Crippen MR) is 72.5 cm³/mol. The number of carbonyl (C=O) groups is 1. The zero-order valence-electron chi connectivity index (χ0n) is 9.43. The normalized spacial score (nSPS) is 12.6. The Morgan fingerprint density at radius 2 is 2.06 bits per heavy atom. The summed E-state index contributed by atoms with van der Waals surface area (Å²) < 4.78 is 0.915. The van der Waals surface area contributed by atoms with E-state index in [1.165, 1.54) is 6.07 Å². The summed E-state index contributed by atoms with van der Waals surface area (Å²) in [6.07, 6.45) is -0.220. The third-order valence-electron chi connectivity index (χ3n) is 2.77. The van der Waals surface area contributed by atoms with Gasteiger partial charge in [-0.25, -0.2) is 0 Å². The van der Waals surface area contributed by atoms with Gasteiger partial charge in [-0.1, -0.05) is 28.1 Å². The van der Waals surface area contributed by atoms with E-state index in [1.807, 2.05) is 18.2 Å². The van der Waals surface area contributed by atoms with Crippen molar-refractivity contribution in [3.05, 3.63) is 40.4 Å². The lowest BCUT2D eigenvalue weighted by Crippen LogP contribution is -2.15. The molecule has 0 radical (unpaired) electrons. The van der Waals surface area contributed by atoms with E-state index in [9.17, 15) is 9.90 Å². The maximum atomic E-state index is 10.7. The van der Waals surface area contributed by atoms with Gasteiger partial charge >= 0.3 is 5.97 Å². The van der Waals surface area contributed by atoms with Crippen LogP contribution in [0.15, 0.2) is 34.8 Å². The molecule has 0 aliphatic carbocycles. The van der Waals surface area contributed by atoms with Gasteiger partial charge in [-0.2, -0.15) is 0 Å².